The van der Waals surface area contributed by atoms with Gasteiger partial charge in [-0.3, -0.25) is 14.0 Å². The maximum Gasteiger partial charge on any atom is 0.307 e. The largest absolute Gasteiger partial charge is 0.459 e. The number of carbonyl (C=O) groups is 1. The summed E-state index contributed by atoms with van der Waals surface area (Å²) in [6.07, 6.45) is 2.84. The average Bonchev–Trinajstić information content (AvgIpc) is 3.20. The van der Waals surface area contributed by atoms with Crippen molar-refractivity contribution in [2.75, 3.05) is 6.54 Å². The third-order valence-corrected chi connectivity index (χ3v) is 5.81. The standard InChI is InChI=1S/C15H17N5O5S2/c1-10-17-12(8-19(10)2)27(23,24)16-4-3-14(22)25-9-11-7-13(21)20-5-6-26-15(20)18-11/h5-8,16H,3-4,9H2,1-2H3. The van der Waals surface area contributed by atoms with Gasteiger partial charge < -0.3 is 9.30 Å². The predicted octanol–water partition coefficient (Wildman–Crippen LogP) is 0.210. The smallest absolute Gasteiger partial charge is 0.307 e. The lowest BCUT2D eigenvalue weighted by Crippen LogP contribution is -2.27. The zero-order chi connectivity index (χ0) is 19.6. The first-order valence-corrected chi connectivity index (χ1v) is 10.2. The number of aryl methyl sites for hydroxylation is 2. The van der Waals surface area contributed by atoms with Crippen molar-refractivity contribution in [2.24, 2.45) is 7.05 Å². The molecule has 0 saturated carbocycles. The lowest BCUT2D eigenvalue weighted by molar-refractivity contribution is -0.144. The van der Waals surface area contributed by atoms with Crippen molar-refractivity contribution in [2.45, 2.75) is 25.0 Å². The molecule has 0 aliphatic carbocycles. The first kappa shape index (κ1) is 19.2. The molecule has 0 saturated heterocycles. The maximum absolute atomic E-state index is 12.1. The fourth-order valence-electron chi connectivity index (χ4n) is 2.21. The molecule has 3 heterocycles. The summed E-state index contributed by atoms with van der Waals surface area (Å²) >= 11 is 1.29. The van der Waals surface area contributed by atoms with Crippen molar-refractivity contribution in [3.63, 3.8) is 0 Å². The minimum absolute atomic E-state index is 0.107. The molecular weight excluding hydrogens is 394 g/mol. The van der Waals surface area contributed by atoms with Gasteiger partial charge in [-0.25, -0.2) is 23.1 Å². The molecule has 1 N–H and O–H groups in total. The van der Waals surface area contributed by atoms with E-state index in [1.165, 1.54) is 28.0 Å². The van der Waals surface area contributed by atoms with Crippen LogP contribution in [0.2, 0.25) is 0 Å². The van der Waals surface area contributed by atoms with Gasteiger partial charge >= 0.3 is 5.97 Å². The summed E-state index contributed by atoms with van der Waals surface area (Å²) in [5.74, 6) is -0.0519. The number of esters is 1. The minimum atomic E-state index is -3.79. The van der Waals surface area contributed by atoms with Gasteiger partial charge in [0, 0.05) is 37.4 Å². The maximum atomic E-state index is 12.1. The Labute approximate surface area is 158 Å². The monoisotopic (exact) mass is 411 g/mol. The first-order chi connectivity index (χ1) is 12.8. The van der Waals surface area contributed by atoms with E-state index in [0.717, 1.165) is 0 Å². The highest BCUT2D eigenvalue weighted by molar-refractivity contribution is 7.89. The van der Waals surface area contributed by atoms with Gasteiger partial charge in [0.1, 0.15) is 12.4 Å². The second-order valence-electron chi connectivity index (χ2n) is 5.69. The van der Waals surface area contributed by atoms with Crippen LogP contribution in [0.1, 0.15) is 17.9 Å². The lowest BCUT2D eigenvalue weighted by Gasteiger charge is -2.06. The Kier molecular flexibility index (Phi) is 5.39. The van der Waals surface area contributed by atoms with Crippen molar-refractivity contribution < 1.29 is 17.9 Å². The summed E-state index contributed by atoms with van der Waals surface area (Å²) in [6.45, 7) is 1.40. The number of fused-ring (bicyclic) bond motifs is 1. The van der Waals surface area contributed by atoms with Gasteiger partial charge in [-0.05, 0) is 6.92 Å². The van der Waals surface area contributed by atoms with Crippen molar-refractivity contribution in [1.29, 1.82) is 0 Å². The zero-order valence-corrected chi connectivity index (χ0v) is 16.2. The fourth-order valence-corrected chi connectivity index (χ4v) is 4.01. The SMILES string of the molecule is Cc1nc(S(=O)(=O)NCCC(=O)OCc2cc(=O)n3ccsc3n2)cn1C. The van der Waals surface area contributed by atoms with Crippen LogP contribution in [0.3, 0.4) is 0 Å². The second-order valence-corrected chi connectivity index (χ2v) is 8.27. The number of aromatic nitrogens is 4. The summed E-state index contributed by atoms with van der Waals surface area (Å²) in [5.41, 5.74) is 0.0751. The fraction of sp³-hybridized carbons (Fsp3) is 0.333. The van der Waals surface area contributed by atoms with Crippen LogP contribution in [0, 0.1) is 6.92 Å². The lowest BCUT2D eigenvalue weighted by atomic mass is 10.4. The van der Waals surface area contributed by atoms with E-state index in [9.17, 15) is 18.0 Å². The predicted molar refractivity (Wildman–Crippen MR) is 96.9 cm³/mol. The highest BCUT2D eigenvalue weighted by Gasteiger charge is 2.18. The summed E-state index contributed by atoms with van der Waals surface area (Å²) in [5, 5.41) is 1.62. The molecule has 0 aliphatic rings. The van der Waals surface area contributed by atoms with Crippen LogP contribution in [0.4, 0.5) is 0 Å². The van der Waals surface area contributed by atoms with Gasteiger partial charge in [0.05, 0.1) is 12.1 Å². The molecule has 144 valence electrons. The van der Waals surface area contributed by atoms with Crippen molar-refractivity contribution >= 4 is 32.3 Å². The Morgan fingerprint density at radius 1 is 1.37 bits per heavy atom. The van der Waals surface area contributed by atoms with Crippen LogP contribution >= 0.6 is 11.3 Å². The van der Waals surface area contributed by atoms with E-state index in [2.05, 4.69) is 14.7 Å². The van der Waals surface area contributed by atoms with E-state index < -0.39 is 16.0 Å². The van der Waals surface area contributed by atoms with Crippen LogP contribution < -0.4 is 10.3 Å². The summed E-state index contributed by atoms with van der Waals surface area (Å²) in [4.78, 5) is 32.3. The Balaban J connectivity index is 1.51. The normalized spacial score (nSPS) is 11.8. The number of nitrogens with one attached hydrogen (secondary N) is 1. The van der Waals surface area contributed by atoms with E-state index in [1.807, 2.05) is 0 Å². The quantitative estimate of drug-likeness (QED) is 0.551. The number of hydrogen-bond donors (Lipinski definition) is 1. The van der Waals surface area contributed by atoms with Crippen LogP contribution in [0.25, 0.3) is 4.96 Å². The van der Waals surface area contributed by atoms with E-state index >= 15 is 0 Å². The third kappa shape index (κ3) is 4.40. The molecule has 0 bridgehead atoms. The van der Waals surface area contributed by atoms with Gasteiger partial charge in [-0.2, -0.15) is 0 Å². The molecule has 0 unspecified atom stereocenters. The van der Waals surface area contributed by atoms with Crippen molar-refractivity contribution in [3.8, 4) is 0 Å². The number of thiazole rings is 1. The highest BCUT2D eigenvalue weighted by Crippen LogP contribution is 2.08. The zero-order valence-electron chi connectivity index (χ0n) is 14.6. The van der Waals surface area contributed by atoms with Crippen LogP contribution in [-0.4, -0.2) is 39.9 Å². The number of carbonyl (C=O) groups excluding carboxylic acids is 1. The molecule has 27 heavy (non-hydrogen) atoms. The Hall–Kier alpha value is -2.57. The molecule has 12 heteroatoms. The number of nitrogens with zero attached hydrogens (tertiary/aromatic N) is 4. The number of ether oxygens (including phenoxy) is 1. The van der Waals surface area contributed by atoms with E-state index in [4.69, 9.17) is 4.74 Å². The molecule has 0 radical (unpaired) electrons. The van der Waals surface area contributed by atoms with Gasteiger partial charge in [0.15, 0.2) is 9.99 Å². The van der Waals surface area contributed by atoms with Crippen LogP contribution in [0.5, 0.6) is 0 Å². The third-order valence-electron chi connectivity index (χ3n) is 3.72. The number of imidazole rings is 1. The number of hydrogen-bond acceptors (Lipinski definition) is 8. The van der Waals surface area contributed by atoms with E-state index in [-0.39, 0.29) is 30.2 Å². The molecule has 0 fully saturated rings. The van der Waals surface area contributed by atoms with Crippen LogP contribution in [-0.2, 0) is 33.2 Å². The van der Waals surface area contributed by atoms with Gasteiger partial charge in [0.25, 0.3) is 15.6 Å². The van der Waals surface area contributed by atoms with Gasteiger partial charge in [-0.15, -0.1) is 11.3 Å². The van der Waals surface area contributed by atoms with E-state index in [0.29, 0.717) is 16.5 Å². The topological polar surface area (TPSA) is 125 Å². The Bertz CT molecular complexity index is 1130. The van der Waals surface area contributed by atoms with Crippen LogP contribution in [0.15, 0.2) is 33.7 Å². The molecule has 3 aromatic rings. The summed E-state index contributed by atoms with van der Waals surface area (Å²) < 4.78 is 34.6. The molecule has 0 amide bonds. The van der Waals surface area contributed by atoms with Gasteiger partial charge in [-0.1, -0.05) is 0 Å². The number of rotatable bonds is 7. The van der Waals surface area contributed by atoms with Crippen molar-refractivity contribution in [1.82, 2.24) is 23.7 Å². The Morgan fingerprint density at radius 3 is 2.85 bits per heavy atom. The average molecular weight is 411 g/mol. The molecule has 3 rings (SSSR count). The van der Waals surface area contributed by atoms with Gasteiger partial charge in [0.2, 0.25) is 0 Å². The molecule has 0 aliphatic heterocycles. The second kappa shape index (κ2) is 7.58. The summed E-state index contributed by atoms with van der Waals surface area (Å²) in [7, 11) is -2.11. The minimum Gasteiger partial charge on any atom is -0.459 e. The highest BCUT2D eigenvalue weighted by atomic mass is 32.2. The van der Waals surface area contributed by atoms with Crippen molar-refractivity contribution in [3.05, 3.63) is 45.7 Å². The molecule has 0 atom stereocenters. The molecule has 3 aromatic heterocycles. The molecule has 0 spiro atoms. The molecule has 10 nitrogen and oxygen atoms in total. The molecule has 0 aromatic carbocycles. The number of sulfonamides is 1. The molecular formula is C15H17N5O5S2. The first-order valence-electron chi connectivity index (χ1n) is 7.87. The Morgan fingerprint density at radius 2 is 2.15 bits per heavy atom. The summed E-state index contributed by atoms with van der Waals surface area (Å²) in [6, 6.07) is 1.29. The van der Waals surface area contributed by atoms with E-state index in [1.54, 1.807) is 30.1 Å².